The van der Waals surface area contributed by atoms with Crippen molar-refractivity contribution in [3.8, 4) is 5.69 Å². The third-order valence-electron chi connectivity index (χ3n) is 4.63. The van der Waals surface area contributed by atoms with E-state index in [1.54, 1.807) is 37.3 Å². The number of carbonyl (C=O) groups is 3. The lowest BCUT2D eigenvalue weighted by Gasteiger charge is -2.12. The first-order valence-corrected chi connectivity index (χ1v) is 10.9. The molecule has 0 unspecified atom stereocenters. The van der Waals surface area contributed by atoms with Gasteiger partial charge in [0.25, 0.3) is 17.1 Å². The molecule has 1 N–H and O–H groups in total. The second-order valence-electron chi connectivity index (χ2n) is 6.90. The minimum atomic E-state index is -0.442. The highest BCUT2D eigenvalue weighted by molar-refractivity contribution is 8.18. The van der Waals surface area contributed by atoms with Crippen molar-refractivity contribution < 1.29 is 14.4 Å². The molecule has 3 aromatic rings. The third-order valence-corrected chi connectivity index (χ3v) is 5.77. The highest BCUT2D eigenvalue weighted by atomic mass is 35.5. The fourth-order valence-corrected chi connectivity index (χ4v) is 4.11. The molecule has 0 spiro atoms. The van der Waals surface area contributed by atoms with Crippen LogP contribution < -0.4 is 5.32 Å². The molecule has 1 aromatic heterocycles. The van der Waals surface area contributed by atoms with Crippen LogP contribution in [0.25, 0.3) is 11.8 Å². The molecule has 2 aromatic carbocycles. The van der Waals surface area contributed by atoms with Crippen LogP contribution in [0.4, 0.5) is 4.79 Å². The van der Waals surface area contributed by atoms with Crippen LogP contribution in [0.1, 0.15) is 21.7 Å². The zero-order valence-electron chi connectivity index (χ0n) is 17.0. The number of hydrogen-bond acceptors (Lipinski definition) is 6. The first-order valence-electron chi connectivity index (χ1n) is 9.71. The monoisotopic (exact) mass is 467 g/mol. The number of thioether (sulfide) groups is 1. The Morgan fingerprint density at radius 2 is 1.91 bits per heavy atom. The van der Waals surface area contributed by atoms with E-state index in [1.807, 2.05) is 30.3 Å². The minimum Gasteiger partial charge on any atom is -0.349 e. The highest BCUT2D eigenvalue weighted by Crippen LogP contribution is 2.31. The molecular formula is C22H18ClN5O3S. The lowest BCUT2D eigenvalue weighted by Crippen LogP contribution is -2.37. The highest BCUT2D eigenvalue weighted by Gasteiger charge is 2.34. The number of aryl methyl sites for hydroxylation is 1. The maximum Gasteiger partial charge on any atom is 0.293 e. The van der Waals surface area contributed by atoms with Gasteiger partial charge in [0.1, 0.15) is 0 Å². The van der Waals surface area contributed by atoms with Gasteiger partial charge in [-0.1, -0.05) is 48.0 Å². The van der Waals surface area contributed by atoms with E-state index in [1.165, 1.54) is 4.80 Å². The Bertz CT molecular complexity index is 1230. The Labute approximate surface area is 193 Å². The van der Waals surface area contributed by atoms with Gasteiger partial charge in [-0.3, -0.25) is 19.3 Å². The van der Waals surface area contributed by atoms with Crippen LogP contribution in [-0.4, -0.2) is 50.0 Å². The lowest BCUT2D eigenvalue weighted by atomic mass is 10.2. The molecule has 3 amide bonds. The molecule has 1 fully saturated rings. The van der Waals surface area contributed by atoms with Crippen LogP contribution in [0.3, 0.4) is 0 Å². The number of rotatable bonds is 6. The zero-order chi connectivity index (χ0) is 22.7. The van der Waals surface area contributed by atoms with Crippen molar-refractivity contribution in [3.05, 3.63) is 81.5 Å². The molecule has 0 radical (unpaired) electrons. The Morgan fingerprint density at radius 1 is 1.12 bits per heavy atom. The van der Waals surface area contributed by atoms with E-state index >= 15 is 0 Å². The van der Waals surface area contributed by atoms with Crippen molar-refractivity contribution in [3.63, 3.8) is 0 Å². The van der Waals surface area contributed by atoms with Gasteiger partial charge in [0.15, 0.2) is 5.69 Å². The fourth-order valence-electron chi connectivity index (χ4n) is 3.06. The summed E-state index contributed by atoms with van der Waals surface area (Å²) in [7, 11) is 0. The van der Waals surface area contributed by atoms with Gasteiger partial charge in [0.2, 0.25) is 0 Å². The van der Waals surface area contributed by atoms with Crippen LogP contribution in [0.2, 0.25) is 5.02 Å². The molecule has 1 aliphatic rings. The number of nitrogens with zero attached hydrogens (tertiary/aromatic N) is 4. The molecule has 10 heteroatoms. The maximum atomic E-state index is 12.6. The van der Waals surface area contributed by atoms with Crippen molar-refractivity contribution in [2.45, 2.75) is 6.92 Å². The van der Waals surface area contributed by atoms with Gasteiger partial charge in [-0.05, 0) is 48.5 Å². The predicted molar refractivity (Wildman–Crippen MR) is 123 cm³/mol. The third kappa shape index (κ3) is 4.74. The van der Waals surface area contributed by atoms with E-state index in [2.05, 4.69) is 15.5 Å². The molecule has 1 aliphatic heterocycles. The van der Waals surface area contributed by atoms with E-state index in [9.17, 15) is 14.4 Å². The summed E-state index contributed by atoms with van der Waals surface area (Å²) in [5.74, 6) is -0.816. The summed E-state index contributed by atoms with van der Waals surface area (Å²) >= 11 is 6.89. The Morgan fingerprint density at radius 3 is 2.66 bits per heavy atom. The second kappa shape index (κ2) is 9.37. The SMILES string of the molecule is Cc1nn(-c2cccc(Cl)c2)nc1C(=O)NCCN1C(=O)S/C(=C\c2ccccc2)C1=O. The fraction of sp³-hybridized carbons (Fsp3) is 0.136. The summed E-state index contributed by atoms with van der Waals surface area (Å²) in [4.78, 5) is 40.2. The van der Waals surface area contributed by atoms with Crippen molar-refractivity contribution in [1.82, 2.24) is 25.2 Å². The van der Waals surface area contributed by atoms with E-state index in [-0.39, 0.29) is 29.9 Å². The van der Waals surface area contributed by atoms with Crippen LogP contribution in [0, 0.1) is 6.92 Å². The lowest BCUT2D eigenvalue weighted by molar-refractivity contribution is -0.122. The van der Waals surface area contributed by atoms with Gasteiger partial charge in [-0.25, -0.2) is 0 Å². The van der Waals surface area contributed by atoms with E-state index in [0.29, 0.717) is 21.3 Å². The molecule has 0 bridgehead atoms. The Kier molecular flexibility index (Phi) is 6.38. The van der Waals surface area contributed by atoms with Crippen molar-refractivity contribution in [2.24, 2.45) is 0 Å². The molecule has 162 valence electrons. The summed E-state index contributed by atoms with van der Waals surface area (Å²) < 4.78 is 0. The van der Waals surface area contributed by atoms with E-state index < -0.39 is 5.91 Å². The van der Waals surface area contributed by atoms with Gasteiger partial charge in [0.05, 0.1) is 16.3 Å². The number of benzene rings is 2. The summed E-state index contributed by atoms with van der Waals surface area (Å²) in [6, 6.07) is 16.3. The van der Waals surface area contributed by atoms with Crippen LogP contribution in [0.5, 0.6) is 0 Å². The van der Waals surface area contributed by atoms with E-state index in [4.69, 9.17) is 11.6 Å². The number of hydrogen-bond donors (Lipinski definition) is 1. The number of imide groups is 1. The quantitative estimate of drug-likeness (QED) is 0.555. The minimum absolute atomic E-state index is 0.0595. The Hall–Kier alpha value is -3.43. The smallest absolute Gasteiger partial charge is 0.293 e. The summed E-state index contributed by atoms with van der Waals surface area (Å²) in [6.07, 6.45) is 1.68. The number of aromatic nitrogens is 3. The molecule has 0 atom stereocenters. The van der Waals surface area contributed by atoms with Gasteiger partial charge in [0, 0.05) is 18.1 Å². The van der Waals surface area contributed by atoms with Gasteiger partial charge in [-0.15, -0.1) is 5.10 Å². The van der Waals surface area contributed by atoms with Crippen molar-refractivity contribution in [1.29, 1.82) is 0 Å². The van der Waals surface area contributed by atoms with Crippen LogP contribution >= 0.6 is 23.4 Å². The van der Waals surface area contributed by atoms with Gasteiger partial charge >= 0.3 is 0 Å². The average Bonchev–Trinajstić information content (AvgIpc) is 3.29. The molecule has 8 nitrogen and oxygen atoms in total. The van der Waals surface area contributed by atoms with E-state index in [0.717, 1.165) is 22.2 Å². The summed E-state index contributed by atoms with van der Waals surface area (Å²) in [5.41, 5.74) is 2.06. The predicted octanol–water partition coefficient (Wildman–Crippen LogP) is 3.70. The first kappa shape index (κ1) is 21.8. The summed E-state index contributed by atoms with van der Waals surface area (Å²) in [6.45, 7) is 1.83. The van der Waals surface area contributed by atoms with Crippen molar-refractivity contribution >= 4 is 46.5 Å². The topological polar surface area (TPSA) is 97.2 Å². The second-order valence-corrected chi connectivity index (χ2v) is 8.33. The molecule has 4 rings (SSSR count). The zero-order valence-corrected chi connectivity index (χ0v) is 18.6. The average molecular weight is 468 g/mol. The molecule has 0 aliphatic carbocycles. The number of carbonyl (C=O) groups excluding carboxylic acids is 3. The normalized spacial score (nSPS) is 14.9. The number of amides is 3. The molecule has 2 heterocycles. The molecule has 1 saturated heterocycles. The Balaban J connectivity index is 1.37. The van der Waals surface area contributed by atoms with Crippen LogP contribution in [0.15, 0.2) is 59.5 Å². The molecular weight excluding hydrogens is 450 g/mol. The summed E-state index contributed by atoms with van der Waals surface area (Å²) in [5, 5.41) is 11.3. The van der Waals surface area contributed by atoms with Crippen molar-refractivity contribution in [2.75, 3.05) is 13.1 Å². The van der Waals surface area contributed by atoms with Crippen LogP contribution in [-0.2, 0) is 4.79 Å². The molecule has 32 heavy (non-hydrogen) atoms. The number of halogens is 1. The number of nitrogens with one attached hydrogen (secondary N) is 1. The van der Waals surface area contributed by atoms with Gasteiger partial charge in [-0.2, -0.15) is 9.90 Å². The van der Waals surface area contributed by atoms with Gasteiger partial charge < -0.3 is 5.32 Å². The largest absolute Gasteiger partial charge is 0.349 e. The maximum absolute atomic E-state index is 12.6. The first-order chi connectivity index (χ1) is 15.4. The standard InChI is InChI=1S/C22H18ClN5O3S/c1-14-19(26-28(25-14)17-9-5-8-16(23)13-17)20(29)24-10-11-27-21(30)18(32-22(27)31)12-15-6-3-2-4-7-15/h2-9,12-13H,10-11H2,1H3,(H,24,29)/b18-12-. The molecule has 0 saturated carbocycles.